The lowest BCUT2D eigenvalue weighted by Gasteiger charge is -2.38. The van der Waals surface area contributed by atoms with E-state index in [1.807, 2.05) is 0 Å². The van der Waals surface area contributed by atoms with E-state index in [2.05, 4.69) is 0 Å². The largest absolute Gasteiger partial charge is 0.330 e. The first kappa shape index (κ1) is 9.17. The van der Waals surface area contributed by atoms with E-state index in [1.165, 1.54) is 32.1 Å². The van der Waals surface area contributed by atoms with Crippen molar-refractivity contribution >= 4 is 0 Å². The molecule has 3 saturated carbocycles. The van der Waals surface area contributed by atoms with Gasteiger partial charge in [0.25, 0.3) is 0 Å². The molecule has 0 aromatic heterocycles. The van der Waals surface area contributed by atoms with Gasteiger partial charge < -0.3 is 11.5 Å². The summed E-state index contributed by atoms with van der Waals surface area (Å²) in [6.07, 6.45) is 7.18. The van der Waals surface area contributed by atoms with Crippen LogP contribution in [0.25, 0.3) is 0 Å². The van der Waals surface area contributed by atoms with E-state index in [4.69, 9.17) is 11.5 Å². The van der Waals surface area contributed by atoms with Crippen molar-refractivity contribution in [1.82, 2.24) is 0 Å². The third-order valence-electron chi connectivity index (χ3n) is 5.58. The summed E-state index contributed by atoms with van der Waals surface area (Å²) in [6.45, 7) is 1.65. The lowest BCUT2D eigenvalue weighted by atomic mass is 9.69. The molecule has 0 saturated heterocycles. The van der Waals surface area contributed by atoms with Crippen LogP contribution in [-0.4, -0.2) is 13.1 Å². The molecular formula is C12H22N2. The molecule has 3 rings (SSSR count). The van der Waals surface area contributed by atoms with Gasteiger partial charge in [-0.05, 0) is 74.3 Å². The summed E-state index contributed by atoms with van der Waals surface area (Å²) in [5.41, 5.74) is 12.3. The first-order valence-electron chi connectivity index (χ1n) is 6.21. The molecule has 0 aliphatic heterocycles. The summed E-state index contributed by atoms with van der Waals surface area (Å²) < 4.78 is 0. The van der Waals surface area contributed by atoms with Crippen LogP contribution < -0.4 is 11.5 Å². The molecule has 0 aromatic rings. The summed E-state index contributed by atoms with van der Waals surface area (Å²) in [4.78, 5) is 0. The Bertz CT molecular complexity index is 234. The third-order valence-corrected chi connectivity index (χ3v) is 5.58. The molecule has 2 bridgehead atoms. The van der Waals surface area contributed by atoms with Crippen LogP contribution in [0, 0.1) is 29.1 Å². The predicted octanol–water partition coefficient (Wildman–Crippen LogP) is 1.35. The van der Waals surface area contributed by atoms with E-state index in [0.717, 1.165) is 36.8 Å². The van der Waals surface area contributed by atoms with Crippen LogP contribution >= 0.6 is 0 Å². The summed E-state index contributed by atoms with van der Waals surface area (Å²) in [5.74, 6) is 3.93. The molecule has 4 atom stereocenters. The first-order chi connectivity index (χ1) is 6.80. The topological polar surface area (TPSA) is 52.0 Å². The standard InChI is InChI=1S/C12H22N2/c13-6-12(7-14)4-3-10-8-1-2-9(5-8)11(10)12/h8-11H,1-7,13-14H2. The van der Waals surface area contributed by atoms with E-state index < -0.39 is 0 Å². The fourth-order valence-corrected chi connectivity index (χ4v) is 4.96. The Hall–Kier alpha value is -0.0800. The highest BCUT2D eigenvalue weighted by molar-refractivity contribution is 5.09. The van der Waals surface area contributed by atoms with Gasteiger partial charge in [-0.1, -0.05) is 0 Å². The van der Waals surface area contributed by atoms with E-state index in [9.17, 15) is 0 Å². The lowest BCUT2D eigenvalue weighted by molar-refractivity contribution is 0.128. The van der Waals surface area contributed by atoms with E-state index in [-0.39, 0.29) is 0 Å². The van der Waals surface area contributed by atoms with Crippen molar-refractivity contribution in [2.75, 3.05) is 13.1 Å². The summed E-state index contributed by atoms with van der Waals surface area (Å²) in [5, 5.41) is 0. The highest BCUT2D eigenvalue weighted by Gasteiger charge is 2.58. The Balaban J connectivity index is 1.91. The lowest BCUT2D eigenvalue weighted by Crippen LogP contribution is -2.44. The van der Waals surface area contributed by atoms with Crippen LogP contribution in [0.4, 0.5) is 0 Å². The molecule has 0 radical (unpaired) electrons. The van der Waals surface area contributed by atoms with Crippen LogP contribution in [-0.2, 0) is 0 Å². The Morgan fingerprint density at radius 3 is 2.43 bits per heavy atom. The average Bonchev–Trinajstić information content (AvgIpc) is 2.90. The Morgan fingerprint density at radius 1 is 1.00 bits per heavy atom. The Labute approximate surface area is 86.4 Å². The molecular weight excluding hydrogens is 172 g/mol. The minimum Gasteiger partial charge on any atom is -0.330 e. The number of nitrogens with two attached hydrogens (primary N) is 2. The Morgan fingerprint density at radius 2 is 1.71 bits per heavy atom. The summed E-state index contributed by atoms with van der Waals surface area (Å²) in [6, 6.07) is 0. The molecule has 4 N–H and O–H groups in total. The SMILES string of the molecule is NCC1(CN)CCC2C3CCC(C3)C21. The maximum atomic E-state index is 5.99. The van der Waals surface area contributed by atoms with Gasteiger partial charge >= 0.3 is 0 Å². The second-order valence-electron chi connectivity index (χ2n) is 5.83. The van der Waals surface area contributed by atoms with Crippen LogP contribution in [0.5, 0.6) is 0 Å². The average molecular weight is 194 g/mol. The third kappa shape index (κ3) is 0.938. The van der Waals surface area contributed by atoms with Gasteiger partial charge in [0, 0.05) is 0 Å². The zero-order valence-electron chi connectivity index (χ0n) is 8.91. The van der Waals surface area contributed by atoms with Gasteiger partial charge in [-0.3, -0.25) is 0 Å². The number of fused-ring (bicyclic) bond motifs is 5. The van der Waals surface area contributed by atoms with Gasteiger partial charge in [0.05, 0.1) is 0 Å². The summed E-state index contributed by atoms with van der Waals surface area (Å²) >= 11 is 0. The molecule has 80 valence electrons. The Kier molecular flexibility index (Phi) is 1.94. The summed E-state index contributed by atoms with van der Waals surface area (Å²) in [7, 11) is 0. The molecule has 0 aromatic carbocycles. The predicted molar refractivity (Wildman–Crippen MR) is 57.6 cm³/mol. The molecule has 14 heavy (non-hydrogen) atoms. The normalized spacial score (nSPS) is 48.4. The quantitative estimate of drug-likeness (QED) is 0.697. The van der Waals surface area contributed by atoms with E-state index >= 15 is 0 Å². The highest BCUT2D eigenvalue weighted by Crippen LogP contribution is 2.64. The number of hydrogen-bond acceptors (Lipinski definition) is 2. The smallest absolute Gasteiger partial charge is 0.000556 e. The van der Waals surface area contributed by atoms with Crippen molar-refractivity contribution in [3.8, 4) is 0 Å². The van der Waals surface area contributed by atoms with Crippen LogP contribution in [0.2, 0.25) is 0 Å². The van der Waals surface area contributed by atoms with Gasteiger partial charge in [-0.15, -0.1) is 0 Å². The van der Waals surface area contributed by atoms with Crippen molar-refractivity contribution in [2.24, 2.45) is 40.6 Å². The van der Waals surface area contributed by atoms with Gasteiger partial charge in [0.2, 0.25) is 0 Å². The zero-order chi connectivity index (χ0) is 9.76. The molecule has 0 spiro atoms. The highest BCUT2D eigenvalue weighted by atomic mass is 14.8. The maximum Gasteiger partial charge on any atom is -0.000556 e. The molecule has 2 nitrogen and oxygen atoms in total. The maximum absolute atomic E-state index is 5.99. The first-order valence-corrected chi connectivity index (χ1v) is 6.21. The molecule has 3 aliphatic carbocycles. The van der Waals surface area contributed by atoms with Gasteiger partial charge in [-0.2, -0.15) is 0 Å². The fraction of sp³-hybridized carbons (Fsp3) is 1.00. The van der Waals surface area contributed by atoms with Crippen LogP contribution in [0.1, 0.15) is 32.1 Å². The zero-order valence-corrected chi connectivity index (χ0v) is 8.91. The minimum absolute atomic E-state index is 0.338. The monoisotopic (exact) mass is 194 g/mol. The number of rotatable bonds is 2. The molecule has 0 amide bonds. The van der Waals surface area contributed by atoms with Crippen molar-refractivity contribution in [3.05, 3.63) is 0 Å². The van der Waals surface area contributed by atoms with E-state index in [1.54, 1.807) is 0 Å². The van der Waals surface area contributed by atoms with Crippen molar-refractivity contribution in [3.63, 3.8) is 0 Å². The van der Waals surface area contributed by atoms with Gasteiger partial charge in [0.1, 0.15) is 0 Å². The molecule has 2 heteroatoms. The minimum atomic E-state index is 0.338. The van der Waals surface area contributed by atoms with Gasteiger partial charge in [0.15, 0.2) is 0 Å². The number of hydrogen-bond donors (Lipinski definition) is 2. The van der Waals surface area contributed by atoms with Gasteiger partial charge in [-0.25, -0.2) is 0 Å². The van der Waals surface area contributed by atoms with Crippen LogP contribution in [0.3, 0.4) is 0 Å². The molecule has 3 aliphatic rings. The molecule has 0 heterocycles. The van der Waals surface area contributed by atoms with E-state index in [0.29, 0.717) is 5.41 Å². The fourth-order valence-electron chi connectivity index (χ4n) is 4.96. The van der Waals surface area contributed by atoms with Crippen molar-refractivity contribution < 1.29 is 0 Å². The van der Waals surface area contributed by atoms with Crippen molar-refractivity contribution in [1.29, 1.82) is 0 Å². The van der Waals surface area contributed by atoms with Crippen LogP contribution in [0.15, 0.2) is 0 Å². The molecule has 4 unspecified atom stereocenters. The second kappa shape index (κ2) is 2.96. The molecule has 3 fully saturated rings. The second-order valence-corrected chi connectivity index (χ2v) is 5.83. The van der Waals surface area contributed by atoms with Crippen molar-refractivity contribution in [2.45, 2.75) is 32.1 Å².